The maximum absolute atomic E-state index is 11.8. The molecule has 13 heavy (non-hydrogen) atoms. The highest BCUT2D eigenvalue weighted by Gasteiger charge is 2.26. The van der Waals surface area contributed by atoms with E-state index < -0.39 is 13.7 Å². The Morgan fingerprint density at radius 1 is 1.23 bits per heavy atom. The Morgan fingerprint density at radius 2 is 1.69 bits per heavy atom. The van der Waals surface area contributed by atoms with E-state index in [-0.39, 0.29) is 6.16 Å². The number of aliphatic hydroxyl groups is 1. The van der Waals surface area contributed by atoms with Gasteiger partial charge in [0.25, 0.3) is 0 Å². The SMILES string of the molecule is CCOP(=O)(C[C@H](O)CC)OCC. The first kappa shape index (κ1) is 13.1. The molecule has 0 radical (unpaired) electrons. The lowest BCUT2D eigenvalue weighted by molar-refractivity contribution is 0.166. The van der Waals surface area contributed by atoms with Crippen molar-refractivity contribution in [3.8, 4) is 0 Å². The van der Waals surface area contributed by atoms with Gasteiger partial charge in [-0.25, -0.2) is 0 Å². The quantitative estimate of drug-likeness (QED) is 0.653. The highest BCUT2D eigenvalue weighted by molar-refractivity contribution is 7.53. The third-order valence-electron chi connectivity index (χ3n) is 1.56. The molecular formula is C8H19O4P. The lowest BCUT2D eigenvalue weighted by atomic mass is 10.3. The monoisotopic (exact) mass is 210 g/mol. The summed E-state index contributed by atoms with van der Waals surface area (Å²) in [5.74, 6) is 0. The van der Waals surface area contributed by atoms with Crippen LogP contribution in [0.25, 0.3) is 0 Å². The average Bonchev–Trinajstić information content (AvgIpc) is 2.04. The van der Waals surface area contributed by atoms with E-state index in [4.69, 9.17) is 9.05 Å². The van der Waals surface area contributed by atoms with Gasteiger partial charge in [-0.2, -0.15) is 0 Å². The minimum atomic E-state index is -3.04. The summed E-state index contributed by atoms with van der Waals surface area (Å²) in [5.41, 5.74) is 0. The number of hydrogen-bond acceptors (Lipinski definition) is 4. The molecule has 1 N–H and O–H groups in total. The van der Waals surface area contributed by atoms with E-state index in [0.717, 1.165) is 0 Å². The third-order valence-corrected chi connectivity index (χ3v) is 3.73. The van der Waals surface area contributed by atoms with Crippen molar-refractivity contribution in [3.63, 3.8) is 0 Å². The number of hydrogen-bond donors (Lipinski definition) is 1. The summed E-state index contributed by atoms with van der Waals surface area (Å²) in [7, 11) is -3.04. The fraction of sp³-hybridized carbons (Fsp3) is 1.00. The third kappa shape index (κ3) is 5.42. The summed E-state index contributed by atoms with van der Waals surface area (Å²) in [6, 6.07) is 0. The second kappa shape index (κ2) is 6.55. The van der Waals surface area contributed by atoms with Crippen LogP contribution < -0.4 is 0 Å². The molecule has 0 saturated heterocycles. The Bertz CT molecular complexity index is 162. The second-order valence-corrected chi connectivity index (χ2v) is 4.79. The van der Waals surface area contributed by atoms with Gasteiger partial charge in [0.1, 0.15) is 0 Å². The van der Waals surface area contributed by atoms with Gasteiger partial charge in [0, 0.05) is 0 Å². The van der Waals surface area contributed by atoms with E-state index in [1.165, 1.54) is 0 Å². The number of rotatable bonds is 7. The van der Waals surface area contributed by atoms with Crippen LogP contribution in [0, 0.1) is 0 Å². The molecule has 0 bridgehead atoms. The van der Waals surface area contributed by atoms with E-state index in [0.29, 0.717) is 19.6 Å². The molecule has 0 spiro atoms. The van der Waals surface area contributed by atoms with Gasteiger partial charge in [-0.05, 0) is 20.3 Å². The van der Waals surface area contributed by atoms with Crippen molar-refractivity contribution in [2.24, 2.45) is 0 Å². The Kier molecular flexibility index (Phi) is 6.60. The summed E-state index contributed by atoms with van der Waals surface area (Å²) >= 11 is 0. The first-order valence-corrected chi connectivity index (χ1v) is 6.37. The molecule has 4 nitrogen and oxygen atoms in total. The van der Waals surface area contributed by atoms with E-state index in [1.54, 1.807) is 13.8 Å². The Labute approximate surface area is 79.8 Å². The van der Waals surface area contributed by atoms with Gasteiger partial charge < -0.3 is 14.2 Å². The average molecular weight is 210 g/mol. The smallest absolute Gasteiger partial charge is 0.333 e. The summed E-state index contributed by atoms with van der Waals surface area (Å²) in [5, 5.41) is 9.31. The van der Waals surface area contributed by atoms with Crippen LogP contribution in [-0.2, 0) is 13.6 Å². The van der Waals surface area contributed by atoms with Crippen LogP contribution in [0.3, 0.4) is 0 Å². The van der Waals surface area contributed by atoms with Crippen molar-refractivity contribution in [1.82, 2.24) is 0 Å². The van der Waals surface area contributed by atoms with E-state index in [1.807, 2.05) is 6.92 Å². The summed E-state index contributed by atoms with van der Waals surface area (Å²) in [6.07, 6.45) is 0.0407. The van der Waals surface area contributed by atoms with E-state index >= 15 is 0 Å². The van der Waals surface area contributed by atoms with Crippen LogP contribution in [0.1, 0.15) is 27.2 Å². The van der Waals surface area contributed by atoms with Gasteiger partial charge in [-0.15, -0.1) is 0 Å². The number of aliphatic hydroxyl groups excluding tert-OH is 1. The molecule has 5 heteroatoms. The van der Waals surface area contributed by atoms with Crippen molar-refractivity contribution in [1.29, 1.82) is 0 Å². The maximum Gasteiger partial charge on any atom is 0.333 e. The van der Waals surface area contributed by atoms with Crippen LogP contribution in [0.5, 0.6) is 0 Å². The molecule has 0 amide bonds. The molecule has 0 aromatic rings. The molecule has 0 aliphatic heterocycles. The Morgan fingerprint density at radius 3 is 2.00 bits per heavy atom. The molecule has 80 valence electrons. The lowest BCUT2D eigenvalue weighted by Crippen LogP contribution is -2.14. The zero-order valence-corrected chi connectivity index (χ0v) is 9.42. The van der Waals surface area contributed by atoms with Crippen molar-refractivity contribution in [2.75, 3.05) is 19.4 Å². The van der Waals surface area contributed by atoms with Gasteiger partial charge >= 0.3 is 7.60 Å². The van der Waals surface area contributed by atoms with Crippen molar-refractivity contribution in [3.05, 3.63) is 0 Å². The Hall–Kier alpha value is 0.110. The fourth-order valence-electron chi connectivity index (χ4n) is 0.923. The molecule has 0 unspecified atom stereocenters. The molecule has 0 aliphatic rings. The Balaban J connectivity index is 4.14. The van der Waals surface area contributed by atoms with Gasteiger partial charge in [0.05, 0.1) is 25.5 Å². The largest absolute Gasteiger partial charge is 0.392 e. The van der Waals surface area contributed by atoms with Crippen LogP contribution in [0.4, 0.5) is 0 Å². The topological polar surface area (TPSA) is 55.8 Å². The molecule has 0 fully saturated rings. The predicted octanol–water partition coefficient (Wildman–Crippen LogP) is 2.02. The molecule has 0 rings (SSSR count). The zero-order valence-electron chi connectivity index (χ0n) is 8.52. The summed E-state index contributed by atoms with van der Waals surface area (Å²) < 4.78 is 21.8. The first-order chi connectivity index (χ1) is 6.08. The van der Waals surface area contributed by atoms with E-state index in [2.05, 4.69) is 0 Å². The van der Waals surface area contributed by atoms with Gasteiger partial charge in [-0.3, -0.25) is 4.57 Å². The predicted molar refractivity (Wildman–Crippen MR) is 52.0 cm³/mol. The van der Waals surface area contributed by atoms with Crippen LogP contribution in [-0.4, -0.2) is 30.6 Å². The highest BCUT2D eigenvalue weighted by Crippen LogP contribution is 2.48. The minimum Gasteiger partial charge on any atom is -0.392 e. The van der Waals surface area contributed by atoms with Gasteiger partial charge in [0.15, 0.2) is 0 Å². The van der Waals surface area contributed by atoms with Crippen LogP contribution in [0.15, 0.2) is 0 Å². The molecule has 0 saturated carbocycles. The van der Waals surface area contributed by atoms with Crippen molar-refractivity contribution < 1.29 is 18.7 Å². The normalized spacial score (nSPS) is 14.5. The molecule has 0 aliphatic carbocycles. The second-order valence-electron chi connectivity index (χ2n) is 2.69. The standard InChI is InChI=1S/C8H19O4P/c1-4-8(9)7-13(10,11-5-2)12-6-3/h8-9H,4-7H2,1-3H3/t8-/m1/s1. The van der Waals surface area contributed by atoms with Crippen LogP contribution in [0.2, 0.25) is 0 Å². The lowest BCUT2D eigenvalue weighted by Gasteiger charge is -2.19. The fourth-order valence-corrected chi connectivity index (χ4v) is 2.77. The van der Waals surface area contributed by atoms with Crippen molar-refractivity contribution >= 4 is 7.60 Å². The molecule has 0 heterocycles. The minimum absolute atomic E-state index is 0.0885. The van der Waals surface area contributed by atoms with Crippen molar-refractivity contribution in [2.45, 2.75) is 33.3 Å². The van der Waals surface area contributed by atoms with Gasteiger partial charge in [-0.1, -0.05) is 6.92 Å². The molecular weight excluding hydrogens is 191 g/mol. The maximum atomic E-state index is 11.8. The summed E-state index contributed by atoms with van der Waals surface area (Å²) in [6.45, 7) is 6.02. The molecule has 1 atom stereocenters. The summed E-state index contributed by atoms with van der Waals surface area (Å²) in [4.78, 5) is 0. The highest BCUT2D eigenvalue weighted by atomic mass is 31.2. The van der Waals surface area contributed by atoms with Crippen LogP contribution >= 0.6 is 7.60 Å². The van der Waals surface area contributed by atoms with Gasteiger partial charge in [0.2, 0.25) is 0 Å². The first-order valence-electron chi connectivity index (χ1n) is 4.64. The zero-order chi connectivity index (χ0) is 10.3. The van der Waals surface area contributed by atoms with E-state index in [9.17, 15) is 9.67 Å². The molecule has 0 aromatic heterocycles. The molecule has 0 aromatic carbocycles.